The van der Waals surface area contributed by atoms with Gasteiger partial charge in [-0.15, -0.1) is 0 Å². The van der Waals surface area contributed by atoms with E-state index >= 15 is 0 Å². The van der Waals surface area contributed by atoms with Crippen molar-refractivity contribution in [3.05, 3.63) is 34.9 Å². The van der Waals surface area contributed by atoms with Gasteiger partial charge in [0.05, 0.1) is 0 Å². The molecule has 1 aliphatic rings. The zero-order chi connectivity index (χ0) is 12.3. The highest BCUT2D eigenvalue weighted by Crippen LogP contribution is 2.36. The summed E-state index contributed by atoms with van der Waals surface area (Å²) in [5, 5.41) is 0. The molecule has 0 spiro atoms. The second kappa shape index (κ2) is 5.26. The zero-order valence-electron chi connectivity index (χ0n) is 10.2. The van der Waals surface area contributed by atoms with Gasteiger partial charge in [0.25, 0.3) is 0 Å². The van der Waals surface area contributed by atoms with Crippen LogP contribution in [0.4, 0.5) is 0 Å². The number of hydrogen-bond donors (Lipinski definition) is 0. The quantitative estimate of drug-likeness (QED) is 0.585. The molecule has 1 saturated carbocycles. The molecule has 0 aliphatic heterocycles. The van der Waals surface area contributed by atoms with Crippen LogP contribution in [-0.2, 0) is 0 Å². The third kappa shape index (κ3) is 2.46. The first-order chi connectivity index (χ1) is 8.24. The Morgan fingerprint density at radius 1 is 1.24 bits per heavy atom. The molecule has 2 nitrogen and oxygen atoms in total. The van der Waals surface area contributed by atoms with E-state index in [0.29, 0.717) is 11.5 Å². The molecule has 2 heteroatoms. The topological polar surface area (TPSA) is 34.1 Å². The number of benzene rings is 1. The Balaban J connectivity index is 2.47. The van der Waals surface area contributed by atoms with E-state index in [4.69, 9.17) is 0 Å². The predicted molar refractivity (Wildman–Crippen MR) is 67.7 cm³/mol. The van der Waals surface area contributed by atoms with Crippen LogP contribution >= 0.6 is 0 Å². The maximum atomic E-state index is 11.7. The van der Waals surface area contributed by atoms with E-state index in [2.05, 4.69) is 0 Å². The molecular weight excluding hydrogens is 212 g/mol. The average Bonchev–Trinajstić information content (AvgIpc) is 2.38. The lowest BCUT2D eigenvalue weighted by molar-refractivity contribution is 0.101. The minimum Gasteiger partial charge on any atom is -0.298 e. The van der Waals surface area contributed by atoms with Crippen molar-refractivity contribution in [3.63, 3.8) is 0 Å². The first kappa shape index (κ1) is 12.0. The summed E-state index contributed by atoms with van der Waals surface area (Å²) >= 11 is 0. The summed E-state index contributed by atoms with van der Waals surface area (Å²) in [6.45, 7) is 1.58. The van der Waals surface area contributed by atoms with Gasteiger partial charge in [0.2, 0.25) is 0 Å². The van der Waals surface area contributed by atoms with E-state index < -0.39 is 0 Å². The van der Waals surface area contributed by atoms with Gasteiger partial charge in [-0.25, -0.2) is 0 Å². The molecule has 0 amide bonds. The van der Waals surface area contributed by atoms with Gasteiger partial charge in [-0.3, -0.25) is 9.59 Å². The molecule has 0 N–H and O–H groups in total. The Morgan fingerprint density at radius 3 is 2.53 bits per heavy atom. The largest absolute Gasteiger partial charge is 0.298 e. The summed E-state index contributed by atoms with van der Waals surface area (Å²) in [6.07, 6.45) is 6.77. The van der Waals surface area contributed by atoms with Gasteiger partial charge >= 0.3 is 0 Å². The van der Waals surface area contributed by atoms with Gasteiger partial charge in [0.15, 0.2) is 5.78 Å². The second-order valence-corrected chi connectivity index (χ2v) is 4.82. The van der Waals surface area contributed by atoms with Crippen LogP contribution in [0.5, 0.6) is 0 Å². The van der Waals surface area contributed by atoms with E-state index in [1.807, 2.05) is 12.1 Å². The van der Waals surface area contributed by atoms with Gasteiger partial charge in [0.1, 0.15) is 6.29 Å². The summed E-state index contributed by atoms with van der Waals surface area (Å²) < 4.78 is 0. The lowest BCUT2D eigenvalue weighted by Gasteiger charge is -2.25. The van der Waals surface area contributed by atoms with Crippen molar-refractivity contribution in [1.82, 2.24) is 0 Å². The molecule has 2 rings (SSSR count). The van der Waals surface area contributed by atoms with Crippen LogP contribution in [0, 0.1) is 0 Å². The van der Waals surface area contributed by atoms with E-state index in [1.54, 1.807) is 13.0 Å². The monoisotopic (exact) mass is 230 g/mol. The maximum Gasteiger partial charge on any atom is 0.160 e. The van der Waals surface area contributed by atoms with E-state index in [9.17, 15) is 9.59 Å². The van der Waals surface area contributed by atoms with E-state index in [0.717, 1.165) is 30.3 Å². The van der Waals surface area contributed by atoms with Gasteiger partial charge in [-0.1, -0.05) is 37.5 Å². The van der Waals surface area contributed by atoms with E-state index in [-0.39, 0.29) is 5.78 Å². The summed E-state index contributed by atoms with van der Waals surface area (Å²) in [6, 6.07) is 5.47. The van der Waals surface area contributed by atoms with Crippen molar-refractivity contribution in [2.75, 3.05) is 0 Å². The Labute approximate surface area is 102 Å². The van der Waals surface area contributed by atoms with Gasteiger partial charge in [0, 0.05) is 11.1 Å². The zero-order valence-corrected chi connectivity index (χ0v) is 10.2. The Bertz CT molecular complexity index is 429. The van der Waals surface area contributed by atoms with Crippen molar-refractivity contribution in [2.45, 2.75) is 44.9 Å². The van der Waals surface area contributed by atoms with Crippen LogP contribution in [0.2, 0.25) is 0 Å². The number of Topliss-reactive ketones (excluding diaryl/α,β-unsaturated/α-hetero) is 1. The normalized spacial score (nSPS) is 16.8. The SMILES string of the molecule is CC(=O)c1cccc(C=O)c1C1CCCCC1. The summed E-state index contributed by atoms with van der Waals surface area (Å²) in [5.41, 5.74) is 2.43. The Morgan fingerprint density at radius 2 is 1.94 bits per heavy atom. The van der Waals surface area contributed by atoms with Gasteiger partial charge in [-0.2, -0.15) is 0 Å². The standard InChI is InChI=1S/C15H18O2/c1-11(17)14-9-5-8-13(10-16)15(14)12-6-3-2-4-7-12/h5,8-10,12H,2-4,6-7H2,1H3. The van der Waals surface area contributed by atoms with Crippen LogP contribution in [0.1, 0.15) is 71.2 Å². The molecule has 90 valence electrons. The minimum absolute atomic E-state index is 0.0641. The van der Waals surface area contributed by atoms with Crippen LogP contribution in [0.3, 0.4) is 0 Å². The second-order valence-electron chi connectivity index (χ2n) is 4.82. The van der Waals surface area contributed by atoms with Crippen molar-refractivity contribution >= 4 is 12.1 Å². The van der Waals surface area contributed by atoms with E-state index in [1.165, 1.54) is 19.3 Å². The minimum atomic E-state index is 0.0641. The summed E-state index contributed by atoms with van der Waals surface area (Å²) in [7, 11) is 0. The number of hydrogen-bond acceptors (Lipinski definition) is 2. The first-order valence-electron chi connectivity index (χ1n) is 6.33. The molecule has 1 fully saturated rings. The molecule has 0 aromatic heterocycles. The Kier molecular flexibility index (Phi) is 3.72. The molecule has 0 heterocycles. The molecule has 0 atom stereocenters. The molecule has 0 bridgehead atoms. The fourth-order valence-electron chi connectivity index (χ4n) is 2.84. The molecule has 0 unspecified atom stereocenters. The molecule has 17 heavy (non-hydrogen) atoms. The highest BCUT2D eigenvalue weighted by molar-refractivity contribution is 5.98. The van der Waals surface area contributed by atoms with Crippen LogP contribution in [0.25, 0.3) is 0 Å². The molecule has 1 aromatic carbocycles. The molecule has 0 radical (unpaired) electrons. The van der Waals surface area contributed by atoms with Crippen LogP contribution < -0.4 is 0 Å². The first-order valence-corrected chi connectivity index (χ1v) is 6.33. The third-order valence-electron chi connectivity index (χ3n) is 3.66. The molecule has 0 saturated heterocycles. The van der Waals surface area contributed by atoms with Gasteiger partial charge < -0.3 is 0 Å². The number of aldehydes is 1. The van der Waals surface area contributed by atoms with Crippen molar-refractivity contribution in [2.24, 2.45) is 0 Å². The molecule has 1 aliphatic carbocycles. The molecule has 1 aromatic rings. The smallest absolute Gasteiger partial charge is 0.160 e. The maximum absolute atomic E-state index is 11.7. The number of ketones is 1. The fourth-order valence-corrected chi connectivity index (χ4v) is 2.84. The number of carbonyl (C=O) groups excluding carboxylic acids is 2. The fraction of sp³-hybridized carbons (Fsp3) is 0.467. The number of rotatable bonds is 3. The lowest BCUT2D eigenvalue weighted by atomic mass is 9.79. The lowest BCUT2D eigenvalue weighted by Crippen LogP contribution is -2.12. The predicted octanol–water partition coefficient (Wildman–Crippen LogP) is 3.75. The highest BCUT2D eigenvalue weighted by atomic mass is 16.1. The van der Waals surface area contributed by atoms with Crippen LogP contribution in [-0.4, -0.2) is 12.1 Å². The highest BCUT2D eigenvalue weighted by Gasteiger charge is 2.22. The van der Waals surface area contributed by atoms with Crippen LogP contribution in [0.15, 0.2) is 18.2 Å². The third-order valence-corrected chi connectivity index (χ3v) is 3.66. The average molecular weight is 230 g/mol. The van der Waals surface area contributed by atoms with Gasteiger partial charge in [-0.05, 0) is 31.2 Å². The van der Waals surface area contributed by atoms with Crippen molar-refractivity contribution < 1.29 is 9.59 Å². The number of carbonyl (C=O) groups is 2. The Hall–Kier alpha value is -1.44. The summed E-state index contributed by atoms with van der Waals surface area (Å²) in [5.74, 6) is 0.457. The van der Waals surface area contributed by atoms with Crippen molar-refractivity contribution in [3.8, 4) is 0 Å². The van der Waals surface area contributed by atoms with Crippen molar-refractivity contribution in [1.29, 1.82) is 0 Å². The molecular formula is C15H18O2. The summed E-state index contributed by atoms with van der Waals surface area (Å²) in [4.78, 5) is 22.8.